The molecular formula is C13H20N2OS2. The summed E-state index contributed by atoms with van der Waals surface area (Å²) in [4.78, 5) is 0. The minimum atomic E-state index is 0.639. The SMILES string of the molecule is COc1ccc(C)cc1NC(=S)NCCCSC. The summed E-state index contributed by atoms with van der Waals surface area (Å²) in [6, 6.07) is 5.97. The molecule has 0 radical (unpaired) electrons. The molecule has 2 N–H and O–H groups in total. The third-order valence-electron chi connectivity index (χ3n) is 2.41. The van der Waals surface area contributed by atoms with Crippen LogP contribution in [0.4, 0.5) is 5.69 Å². The van der Waals surface area contributed by atoms with Crippen LogP contribution in [0.25, 0.3) is 0 Å². The molecule has 0 atom stereocenters. The molecule has 0 aliphatic heterocycles. The number of thioether (sulfide) groups is 1. The number of methoxy groups -OCH3 is 1. The van der Waals surface area contributed by atoms with Crippen LogP contribution in [0.1, 0.15) is 12.0 Å². The lowest BCUT2D eigenvalue weighted by molar-refractivity contribution is 0.417. The summed E-state index contributed by atoms with van der Waals surface area (Å²) >= 11 is 7.09. The van der Waals surface area contributed by atoms with E-state index >= 15 is 0 Å². The summed E-state index contributed by atoms with van der Waals surface area (Å²) < 4.78 is 5.29. The van der Waals surface area contributed by atoms with Crippen LogP contribution in [0, 0.1) is 6.92 Å². The molecule has 1 rings (SSSR count). The number of anilines is 1. The summed E-state index contributed by atoms with van der Waals surface area (Å²) in [7, 11) is 1.66. The zero-order chi connectivity index (χ0) is 13.4. The fraction of sp³-hybridized carbons (Fsp3) is 0.462. The largest absolute Gasteiger partial charge is 0.495 e. The van der Waals surface area contributed by atoms with Crippen molar-refractivity contribution in [1.82, 2.24) is 5.32 Å². The second-order valence-electron chi connectivity index (χ2n) is 3.93. The predicted molar refractivity (Wildman–Crippen MR) is 85.0 cm³/mol. The van der Waals surface area contributed by atoms with Gasteiger partial charge in [0.15, 0.2) is 5.11 Å². The molecule has 0 saturated carbocycles. The molecular weight excluding hydrogens is 264 g/mol. The summed E-state index contributed by atoms with van der Waals surface area (Å²) in [5.74, 6) is 1.94. The van der Waals surface area contributed by atoms with Gasteiger partial charge in [-0.3, -0.25) is 0 Å². The van der Waals surface area contributed by atoms with Crippen LogP contribution in [0.3, 0.4) is 0 Å². The number of rotatable bonds is 6. The Labute approximate surface area is 119 Å². The fourth-order valence-electron chi connectivity index (χ4n) is 1.50. The first-order chi connectivity index (χ1) is 8.67. The fourth-order valence-corrected chi connectivity index (χ4v) is 2.15. The molecule has 0 aromatic heterocycles. The van der Waals surface area contributed by atoms with Crippen LogP contribution in [-0.2, 0) is 0 Å². The van der Waals surface area contributed by atoms with E-state index in [2.05, 4.69) is 16.9 Å². The van der Waals surface area contributed by atoms with Crippen molar-refractivity contribution in [3.05, 3.63) is 23.8 Å². The van der Waals surface area contributed by atoms with Crippen LogP contribution < -0.4 is 15.4 Å². The smallest absolute Gasteiger partial charge is 0.170 e. The van der Waals surface area contributed by atoms with E-state index in [0.717, 1.165) is 30.2 Å². The zero-order valence-corrected chi connectivity index (χ0v) is 12.7. The van der Waals surface area contributed by atoms with Crippen LogP contribution in [0.2, 0.25) is 0 Å². The topological polar surface area (TPSA) is 33.3 Å². The Morgan fingerprint density at radius 3 is 2.89 bits per heavy atom. The van der Waals surface area contributed by atoms with Crippen molar-refractivity contribution in [1.29, 1.82) is 0 Å². The van der Waals surface area contributed by atoms with Crippen molar-refractivity contribution in [3.63, 3.8) is 0 Å². The van der Waals surface area contributed by atoms with Crippen molar-refractivity contribution < 1.29 is 4.74 Å². The van der Waals surface area contributed by atoms with Crippen molar-refractivity contribution in [3.8, 4) is 5.75 Å². The number of thiocarbonyl (C=S) groups is 1. The molecule has 1 aromatic carbocycles. The molecule has 100 valence electrons. The number of ether oxygens (including phenoxy) is 1. The molecule has 0 aliphatic carbocycles. The minimum absolute atomic E-state index is 0.639. The van der Waals surface area contributed by atoms with E-state index in [9.17, 15) is 0 Å². The molecule has 0 amide bonds. The van der Waals surface area contributed by atoms with Crippen molar-refractivity contribution in [2.24, 2.45) is 0 Å². The first-order valence-electron chi connectivity index (χ1n) is 5.86. The Bertz CT molecular complexity index is 397. The second-order valence-corrected chi connectivity index (χ2v) is 5.32. The van der Waals surface area contributed by atoms with Crippen molar-refractivity contribution in [2.45, 2.75) is 13.3 Å². The Morgan fingerprint density at radius 2 is 2.22 bits per heavy atom. The highest BCUT2D eigenvalue weighted by Gasteiger charge is 2.04. The van der Waals surface area contributed by atoms with Gasteiger partial charge < -0.3 is 15.4 Å². The number of nitrogens with one attached hydrogen (secondary N) is 2. The molecule has 18 heavy (non-hydrogen) atoms. The van der Waals surface area contributed by atoms with Gasteiger partial charge in [-0.15, -0.1) is 0 Å². The first-order valence-corrected chi connectivity index (χ1v) is 7.66. The van der Waals surface area contributed by atoms with Gasteiger partial charge in [-0.25, -0.2) is 0 Å². The van der Waals surface area contributed by atoms with E-state index in [4.69, 9.17) is 17.0 Å². The standard InChI is InChI=1S/C13H20N2OS2/c1-10-5-6-12(16-2)11(9-10)15-13(17)14-7-4-8-18-3/h5-6,9H,4,7-8H2,1-3H3,(H2,14,15,17). The Kier molecular flexibility index (Phi) is 6.90. The molecule has 0 spiro atoms. The lowest BCUT2D eigenvalue weighted by atomic mass is 10.2. The van der Waals surface area contributed by atoms with E-state index in [1.54, 1.807) is 7.11 Å². The minimum Gasteiger partial charge on any atom is -0.495 e. The highest BCUT2D eigenvalue weighted by molar-refractivity contribution is 7.98. The van der Waals surface area contributed by atoms with Gasteiger partial charge in [0.25, 0.3) is 0 Å². The molecule has 1 aromatic rings. The lowest BCUT2D eigenvalue weighted by Crippen LogP contribution is -2.29. The van der Waals surface area contributed by atoms with E-state index in [1.165, 1.54) is 5.56 Å². The third kappa shape index (κ3) is 5.14. The highest BCUT2D eigenvalue weighted by Crippen LogP contribution is 2.24. The molecule has 0 heterocycles. The van der Waals surface area contributed by atoms with Gasteiger partial charge >= 0.3 is 0 Å². The van der Waals surface area contributed by atoms with E-state index in [-0.39, 0.29) is 0 Å². The van der Waals surface area contributed by atoms with Crippen molar-refractivity contribution >= 4 is 34.8 Å². The average Bonchev–Trinajstić information content (AvgIpc) is 2.35. The molecule has 0 saturated heterocycles. The predicted octanol–water partition coefficient (Wildman–Crippen LogP) is 3.04. The molecule has 0 aliphatic rings. The third-order valence-corrected chi connectivity index (χ3v) is 3.36. The van der Waals surface area contributed by atoms with Crippen LogP contribution in [-0.4, -0.2) is 30.8 Å². The van der Waals surface area contributed by atoms with Crippen molar-refractivity contribution in [2.75, 3.05) is 31.0 Å². The van der Waals surface area contributed by atoms with Gasteiger partial charge in [-0.2, -0.15) is 11.8 Å². The summed E-state index contributed by atoms with van der Waals surface area (Å²) in [5, 5.41) is 6.99. The lowest BCUT2D eigenvalue weighted by Gasteiger charge is -2.13. The number of benzene rings is 1. The van der Waals surface area contributed by atoms with Gasteiger partial charge in [-0.05, 0) is 55.3 Å². The maximum absolute atomic E-state index is 5.29. The normalized spacial score (nSPS) is 9.94. The Hall–Kier alpha value is -0.940. The molecule has 5 heteroatoms. The monoisotopic (exact) mass is 284 g/mol. The highest BCUT2D eigenvalue weighted by atomic mass is 32.2. The van der Waals surface area contributed by atoms with Gasteiger partial charge in [0.2, 0.25) is 0 Å². The van der Waals surface area contributed by atoms with Crippen LogP contribution >= 0.6 is 24.0 Å². The number of hydrogen-bond acceptors (Lipinski definition) is 3. The van der Waals surface area contributed by atoms with E-state index in [0.29, 0.717) is 5.11 Å². The molecule has 0 bridgehead atoms. The Morgan fingerprint density at radius 1 is 1.44 bits per heavy atom. The maximum Gasteiger partial charge on any atom is 0.170 e. The van der Waals surface area contributed by atoms with Gasteiger partial charge in [0.1, 0.15) is 5.75 Å². The van der Waals surface area contributed by atoms with Gasteiger partial charge in [0, 0.05) is 6.54 Å². The second kappa shape index (κ2) is 8.21. The maximum atomic E-state index is 5.29. The zero-order valence-electron chi connectivity index (χ0n) is 11.1. The van der Waals surface area contributed by atoms with Crippen LogP contribution in [0.5, 0.6) is 5.75 Å². The van der Waals surface area contributed by atoms with Gasteiger partial charge in [0.05, 0.1) is 12.8 Å². The summed E-state index contributed by atoms with van der Waals surface area (Å²) in [5.41, 5.74) is 2.07. The Balaban J connectivity index is 2.50. The number of aryl methyl sites for hydroxylation is 1. The number of hydrogen-bond donors (Lipinski definition) is 2. The van der Waals surface area contributed by atoms with E-state index in [1.807, 2.05) is 36.9 Å². The molecule has 3 nitrogen and oxygen atoms in total. The van der Waals surface area contributed by atoms with Gasteiger partial charge in [-0.1, -0.05) is 6.07 Å². The molecule has 0 unspecified atom stereocenters. The quantitative estimate of drug-likeness (QED) is 0.620. The summed E-state index contributed by atoms with van der Waals surface area (Å²) in [6.45, 7) is 2.93. The first kappa shape index (κ1) is 15.1. The molecule has 0 fully saturated rings. The summed E-state index contributed by atoms with van der Waals surface area (Å²) in [6.07, 6.45) is 3.21. The van der Waals surface area contributed by atoms with E-state index < -0.39 is 0 Å². The average molecular weight is 284 g/mol. The van der Waals surface area contributed by atoms with Crippen LogP contribution in [0.15, 0.2) is 18.2 Å².